The summed E-state index contributed by atoms with van der Waals surface area (Å²) in [5, 5.41) is 6.60. The first-order valence-corrected chi connectivity index (χ1v) is 8.81. The van der Waals surface area contributed by atoms with Gasteiger partial charge >= 0.3 is 0 Å². The van der Waals surface area contributed by atoms with Crippen molar-refractivity contribution in [1.82, 2.24) is 10.6 Å². The highest BCUT2D eigenvalue weighted by Gasteiger charge is 2.12. The van der Waals surface area contributed by atoms with Crippen molar-refractivity contribution in [1.29, 1.82) is 0 Å². The molecule has 1 fully saturated rings. The van der Waals surface area contributed by atoms with E-state index in [1.165, 1.54) is 32.1 Å². The molecular weight excluding hydrogens is 258 g/mol. The number of nitrogens with one attached hydrogen (secondary N) is 2. The molecule has 1 aliphatic rings. The van der Waals surface area contributed by atoms with E-state index >= 15 is 0 Å². The smallest absolute Gasteiger partial charge is 0.191 e. The molecule has 1 aliphatic carbocycles. The number of rotatable bonds is 8. The maximum absolute atomic E-state index is 5.89. The third kappa shape index (κ3) is 8.37. The molecule has 0 bridgehead atoms. The zero-order valence-corrected chi connectivity index (χ0v) is 13.2. The van der Waals surface area contributed by atoms with Crippen LogP contribution in [0.3, 0.4) is 0 Å². The summed E-state index contributed by atoms with van der Waals surface area (Å²) in [5.41, 5.74) is 0. The Hall–Kier alpha value is -0.420. The van der Waals surface area contributed by atoms with Gasteiger partial charge in [-0.3, -0.25) is 4.99 Å². The lowest BCUT2D eigenvalue weighted by Gasteiger charge is -2.22. The van der Waals surface area contributed by atoms with Crippen molar-refractivity contribution in [3.8, 4) is 0 Å². The van der Waals surface area contributed by atoms with E-state index in [-0.39, 0.29) is 0 Å². The molecule has 0 atom stereocenters. The van der Waals surface area contributed by atoms with Crippen LogP contribution in [0.5, 0.6) is 0 Å². The standard InChI is InChI=1S/C14H29N3OS/c1-15-14(17-10-12-19-2)16-9-6-11-18-13-7-4-3-5-8-13/h13H,3-12H2,1-2H3,(H2,15,16,17). The number of thioether (sulfide) groups is 1. The van der Waals surface area contributed by atoms with Gasteiger partial charge < -0.3 is 15.4 Å². The van der Waals surface area contributed by atoms with Gasteiger partial charge in [-0.1, -0.05) is 19.3 Å². The summed E-state index contributed by atoms with van der Waals surface area (Å²) < 4.78 is 5.89. The lowest BCUT2D eigenvalue weighted by atomic mass is 9.98. The fourth-order valence-corrected chi connectivity index (χ4v) is 2.56. The van der Waals surface area contributed by atoms with E-state index in [1.54, 1.807) is 0 Å². The van der Waals surface area contributed by atoms with Gasteiger partial charge in [0.15, 0.2) is 5.96 Å². The number of aliphatic imine (C=N–C) groups is 1. The molecular formula is C14H29N3OS. The molecule has 0 radical (unpaired) electrons. The van der Waals surface area contributed by atoms with Crippen molar-refractivity contribution < 1.29 is 4.74 Å². The van der Waals surface area contributed by atoms with Crippen LogP contribution in [0.1, 0.15) is 38.5 Å². The minimum Gasteiger partial charge on any atom is -0.378 e. The Bertz CT molecular complexity index is 243. The molecule has 5 heteroatoms. The van der Waals surface area contributed by atoms with Crippen LogP contribution in [0.15, 0.2) is 4.99 Å². The average Bonchev–Trinajstić information content (AvgIpc) is 2.46. The molecule has 0 saturated heterocycles. The average molecular weight is 287 g/mol. The summed E-state index contributed by atoms with van der Waals surface area (Å²) in [7, 11) is 1.81. The summed E-state index contributed by atoms with van der Waals surface area (Å²) in [6.45, 7) is 2.74. The fourth-order valence-electron chi connectivity index (χ4n) is 2.25. The van der Waals surface area contributed by atoms with Crippen LogP contribution in [0.2, 0.25) is 0 Å². The quantitative estimate of drug-likeness (QED) is 0.408. The zero-order valence-electron chi connectivity index (χ0n) is 12.4. The molecule has 2 N–H and O–H groups in total. The summed E-state index contributed by atoms with van der Waals surface area (Å²) in [5.74, 6) is 2.00. The Morgan fingerprint density at radius 1 is 1.21 bits per heavy atom. The highest BCUT2D eigenvalue weighted by molar-refractivity contribution is 7.98. The van der Waals surface area contributed by atoms with Crippen LogP contribution in [0.4, 0.5) is 0 Å². The SMILES string of the molecule is CN=C(NCCCOC1CCCCC1)NCCSC. The highest BCUT2D eigenvalue weighted by Crippen LogP contribution is 2.20. The third-order valence-electron chi connectivity index (χ3n) is 3.34. The molecule has 112 valence electrons. The molecule has 0 spiro atoms. The Kier molecular flexibility index (Phi) is 9.99. The van der Waals surface area contributed by atoms with E-state index in [2.05, 4.69) is 21.9 Å². The fraction of sp³-hybridized carbons (Fsp3) is 0.929. The number of guanidine groups is 1. The van der Waals surface area contributed by atoms with E-state index in [1.807, 2.05) is 18.8 Å². The largest absolute Gasteiger partial charge is 0.378 e. The van der Waals surface area contributed by atoms with Gasteiger partial charge in [0, 0.05) is 32.5 Å². The molecule has 0 aromatic rings. The van der Waals surface area contributed by atoms with Crippen molar-refractivity contribution in [2.24, 2.45) is 4.99 Å². The Labute approximate surface area is 122 Å². The second-order valence-corrected chi connectivity index (χ2v) is 5.89. The predicted octanol–water partition coefficient (Wildman–Crippen LogP) is 2.25. The second-order valence-electron chi connectivity index (χ2n) is 4.90. The lowest BCUT2D eigenvalue weighted by Crippen LogP contribution is -2.39. The van der Waals surface area contributed by atoms with Crippen LogP contribution in [-0.2, 0) is 4.74 Å². The first-order valence-electron chi connectivity index (χ1n) is 7.42. The van der Waals surface area contributed by atoms with Crippen molar-refractivity contribution in [2.45, 2.75) is 44.6 Å². The van der Waals surface area contributed by atoms with Crippen LogP contribution in [0, 0.1) is 0 Å². The molecule has 1 saturated carbocycles. The zero-order chi connectivity index (χ0) is 13.8. The number of hydrogen-bond acceptors (Lipinski definition) is 3. The third-order valence-corrected chi connectivity index (χ3v) is 3.95. The molecule has 0 aromatic heterocycles. The molecule has 0 unspecified atom stereocenters. The van der Waals surface area contributed by atoms with Gasteiger partial charge in [-0.15, -0.1) is 0 Å². The van der Waals surface area contributed by atoms with E-state index < -0.39 is 0 Å². The Morgan fingerprint density at radius 3 is 2.63 bits per heavy atom. The van der Waals surface area contributed by atoms with Crippen molar-refractivity contribution >= 4 is 17.7 Å². The predicted molar refractivity (Wildman–Crippen MR) is 85.2 cm³/mol. The Morgan fingerprint density at radius 2 is 1.95 bits per heavy atom. The van der Waals surface area contributed by atoms with Crippen molar-refractivity contribution in [3.63, 3.8) is 0 Å². The van der Waals surface area contributed by atoms with Crippen LogP contribution in [-0.4, -0.2) is 50.8 Å². The molecule has 19 heavy (non-hydrogen) atoms. The van der Waals surface area contributed by atoms with E-state index in [4.69, 9.17) is 4.74 Å². The molecule has 1 rings (SSSR count). The van der Waals surface area contributed by atoms with E-state index in [0.717, 1.165) is 37.8 Å². The minimum absolute atomic E-state index is 0.521. The monoisotopic (exact) mass is 287 g/mol. The second kappa shape index (κ2) is 11.4. The first kappa shape index (κ1) is 16.6. The summed E-state index contributed by atoms with van der Waals surface area (Å²) in [4.78, 5) is 4.19. The van der Waals surface area contributed by atoms with Crippen LogP contribution < -0.4 is 10.6 Å². The van der Waals surface area contributed by atoms with Crippen LogP contribution >= 0.6 is 11.8 Å². The van der Waals surface area contributed by atoms with Gasteiger partial charge in [-0.05, 0) is 25.5 Å². The Balaban J connectivity index is 1.96. The molecule has 0 aliphatic heterocycles. The summed E-state index contributed by atoms with van der Waals surface area (Å²) in [6, 6.07) is 0. The van der Waals surface area contributed by atoms with Gasteiger partial charge in [0.25, 0.3) is 0 Å². The number of nitrogens with zero attached hydrogens (tertiary/aromatic N) is 1. The molecule has 0 aromatic carbocycles. The first-order chi connectivity index (χ1) is 9.36. The normalized spacial score (nSPS) is 17.5. The van der Waals surface area contributed by atoms with Crippen LogP contribution in [0.25, 0.3) is 0 Å². The van der Waals surface area contributed by atoms with Gasteiger partial charge in [0.2, 0.25) is 0 Å². The van der Waals surface area contributed by atoms with Gasteiger partial charge in [-0.25, -0.2) is 0 Å². The van der Waals surface area contributed by atoms with E-state index in [9.17, 15) is 0 Å². The van der Waals surface area contributed by atoms with Gasteiger partial charge in [0.1, 0.15) is 0 Å². The molecule has 4 nitrogen and oxygen atoms in total. The molecule has 0 amide bonds. The van der Waals surface area contributed by atoms with Crippen molar-refractivity contribution in [3.05, 3.63) is 0 Å². The maximum Gasteiger partial charge on any atom is 0.191 e. The maximum atomic E-state index is 5.89. The highest BCUT2D eigenvalue weighted by atomic mass is 32.2. The topological polar surface area (TPSA) is 45.7 Å². The lowest BCUT2D eigenvalue weighted by molar-refractivity contribution is 0.0277. The van der Waals surface area contributed by atoms with Gasteiger partial charge in [0.05, 0.1) is 6.10 Å². The van der Waals surface area contributed by atoms with Gasteiger partial charge in [-0.2, -0.15) is 11.8 Å². The number of ether oxygens (including phenoxy) is 1. The summed E-state index contributed by atoms with van der Waals surface area (Å²) >= 11 is 1.84. The van der Waals surface area contributed by atoms with E-state index in [0.29, 0.717) is 6.10 Å². The summed E-state index contributed by atoms with van der Waals surface area (Å²) in [6.07, 6.45) is 10.3. The number of hydrogen-bond donors (Lipinski definition) is 2. The van der Waals surface area contributed by atoms with Crippen molar-refractivity contribution in [2.75, 3.05) is 38.8 Å². The molecule has 0 heterocycles. The minimum atomic E-state index is 0.521.